The number of amides is 4. The van der Waals surface area contributed by atoms with Crippen LogP contribution in [-0.2, 0) is 16.2 Å². The number of carbonyl (C=O) groups is 3. The van der Waals surface area contributed by atoms with E-state index in [1.165, 1.54) is 18.2 Å². The van der Waals surface area contributed by atoms with E-state index in [2.05, 4.69) is 27.3 Å². The van der Waals surface area contributed by atoms with E-state index in [9.17, 15) is 14.4 Å². The standard InChI is InChI=1S/C28H18BrClN2O4/c29-21-7-12-25(36-16-17-5-6-18-3-1-2-4-19(18)13-17)20(14-21)15-24-26(33)31-28(35)32(27(24)34)23-10-8-22(30)9-11-23/h1-15H,16H2,(H,31,33,35)/b24-15+. The number of nitrogens with zero attached hydrogens (tertiary/aromatic N) is 1. The van der Waals surface area contributed by atoms with E-state index in [1.807, 2.05) is 42.5 Å². The zero-order valence-electron chi connectivity index (χ0n) is 18.7. The van der Waals surface area contributed by atoms with Gasteiger partial charge in [0, 0.05) is 15.1 Å². The number of ether oxygens (including phenoxy) is 1. The molecule has 0 radical (unpaired) electrons. The van der Waals surface area contributed by atoms with Gasteiger partial charge in [0.1, 0.15) is 17.9 Å². The van der Waals surface area contributed by atoms with Crippen molar-refractivity contribution in [1.82, 2.24) is 5.32 Å². The Labute approximate surface area is 220 Å². The van der Waals surface area contributed by atoms with Gasteiger partial charge < -0.3 is 4.74 Å². The third-order valence-electron chi connectivity index (χ3n) is 5.67. The van der Waals surface area contributed by atoms with Gasteiger partial charge in [-0.1, -0.05) is 63.9 Å². The summed E-state index contributed by atoms with van der Waals surface area (Å²) in [6, 6.07) is 24.8. The number of carbonyl (C=O) groups excluding carboxylic acids is 3. The molecule has 1 aliphatic rings. The van der Waals surface area contributed by atoms with Crippen LogP contribution in [0.25, 0.3) is 16.8 Å². The van der Waals surface area contributed by atoms with E-state index >= 15 is 0 Å². The minimum atomic E-state index is -0.827. The monoisotopic (exact) mass is 560 g/mol. The topological polar surface area (TPSA) is 75.7 Å². The van der Waals surface area contributed by atoms with Crippen molar-refractivity contribution in [1.29, 1.82) is 0 Å². The Balaban J connectivity index is 1.45. The lowest BCUT2D eigenvalue weighted by molar-refractivity contribution is -0.122. The van der Waals surface area contributed by atoms with Gasteiger partial charge in [0.15, 0.2) is 0 Å². The molecule has 0 atom stereocenters. The van der Waals surface area contributed by atoms with Crippen LogP contribution in [0, 0.1) is 0 Å². The van der Waals surface area contributed by atoms with Gasteiger partial charge in [0.05, 0.1) is 5.69 Å². The van der Waals surface area contributed by atoms with Gasteiger partial charge in [0.2, 0.25) is 0 Å². The smallest absolute Gasteiger partial charge is 0.335 e. The molecule has 5 rings (SSSR count). The number of hydrogen-bond donors (Lipinski definition) is 1. The van der Waals surface area contributed by atoms with Gasteiger partial charge >= 0.3 is 6.03 Å². The summed E-state index contributed by atoms with van der Waals surface area (Å²) in [4.78, 5) is 39.2. The Morgan fingerprint density at radius 3 is 2.42 bits per heavy atom. The maximum absolute atomic E-state index is 13.2. The Morgan fingerprint density at radius 2 is 1.64 bits per heavy atom. The zero-order valence-corrected chi connectivity index (χ0v) is 21.0. The molecule has 1 aliphatic heterocycles. The number of rotatable bonds is 5. The highest BCUT2D eigenvalue weighted by atomic mass is 79.9. The van der Waals surface area contributed by atoms with Crippen LogP contribution in [0.2, 0.25) is 5.02 Å². The summed E-state index contributed by atoms with van der Waals surface area (Å²) in [5.74, 6) is -1.04. The molecule has 4 amide bonds. The first-order chi connectivity index (χ1) is 17.4. The molecule has 1 fully saturated rings. The van der Waals surface area contributed by atoms with E-state index < -0.39 is 17.8 Å². The van der Waals surface area contributed by atoms with Crippen LogP contribution in [-0.4, -0.2) is 17.8 Å². The molecule has 0 bridgehead atoms. The molecule has 1 N–H and O–H groups in total. The molecule has 0 unspecified atom stereocenters. The molecule has 178 valence electrons. The average molecular weight is 562 g/mol. The predicted octanol–water partition coefficient (Wildman–Crippen LogP) is 6.50. The molecule has 8 heteroatoms. The first-order valence-corrected chi connectivity index (χ1v) is 12.1. The number of benzene rings is 4. The van der Waals surface area contributed by atoms with Gasteiger partial charge in [-0.3, -0.25) is 14.9 Å². The average Bonchev–Trinajstić information content (AvgIpc) is 2.87. The minimum absolute atomic E-state index is 0.196. The van der Waals surface area contributed by atoms with Crippen LogP contribution in [0.5, 0.6) is 5.75 Å². The number of barbiturate groups is 1. The number of hydrogen-bond acceptors (Lipinski definition) is 4. The molecule has 0 aliphatic carbocycles. The third kappa shape index (κ3) is 4.89. The molecular formula is C28H18BrClN2O4. The van der Waals surface area contributed by atoms with Crippen LogP contribution in [0.15, 0.2) is 95.0 Å². The number of halogens is 2. The Bertz CT molecular complexity index is 1550. The normalized spacial score (nSPS) is 14.9. The van der Waals surface area contributed by atoms with E-state index in [1.54, 1.807) is 24.3 Å². The summed E-state index contributed by atoms with van der Waals surface area (Å²) >= 11 is 9.36. The van der Waals surface area contributed by atoms with E-state index in [0.717, 1.165) is 25.7 Å². The van der Waals surface area contributed by atoms with Crippen LogP contribution in [0.1, 0.15) is 11.1 Å². The number of fused-ring (bicyclic) bond motifs is 1. The van der Waals surface area contributed by atoms with Crippen LogP contribution in [0.4, 0.5) is 10.5 Å². The Kier molecular flexibility index (Phi) is 6.59. The molecule has 0 spiro atoms. The van der Waals surface area contributed by atoms with E-state index in [0.29, 0.717) is 22.0 Å². The summed E-state index contributed by atoms with van der Waals surface area (Å²) in [7, 11) is 0. The maximum Gasteiger partial charge on any atom is 0.335 e. The molecular weight excluding hydrogens is 544 g/mol. The van der Waals surface area contributed by atoms with Crippen molar-refractivity contribution in [2.75, 3.05) is 4.90 Å². The van der Waals surface area contributed by atoms with Crippen molar-refractivity contribution in [2.45, 2.75) is 6.61 Å². The second-order valence-corrected chi connectivity index (χ2v) is 9.44. The summed E-state index contributed by atoms with van der Waals surface area (Å²) in [5, 5.41) is 4.92. The van der Waals surface area contributed by atoms with Crippen molar-refractivity contribution in [3.63, 3.8) is 0 Å². The molecule has 1 saturated heterocycles. The van der Waals surface area contributed by atoms with Crippen LogP contribution < -0.4 is 15.0 Å². The summed E-state index contributed by atoms with van der Waals surface area (Å²) in [6.07, 6.45) is 1.42. The van der Waals surface area contributed by atoms with Crippen molar-refractivity contribution in [3.05, 3.63) is 111 Å². The fourth-order valence-corrected chi connectivity index (χ4v) is 4.40. The Hall–Kier alpha value is -3.94. The lowest BCUT2D eigenvalue weighted by Crippen LogP contribution is -2.54. The SMILES string of the molecule is O=C1NC(=O)N(c2ccc(Cl)cc2)C(=O)/C1=C/c1cc(Br)ccc1OCc1ccc2ccccc2c1. The maximum atomic E-state index is 13.2. The molecule has 0 saturated carbocycles. The second kappa shape index (κ2) is 9.97. The summed E-state index contributed by atoms with van der Waals surface area (Å²) in [5.41, 5.74) is 1.58. The van der Waals surface area contributed by atoms with Crippen LogP contribution >= 0.6 is 27.5 Å². The van der Waals surface area contributed by atoms with E-state index in [4.69, 9.17) is 16.3 Å². The van der Waals surface area contributed by atoms with Gasteiger partial charge in [0.25, 0.3) is 11.8 Å². The highest BCUT2D eigenvalue weighted by molar-refractivity contribution is 9.10. The minimum Gasteiger partial charge on any atom is -0.488 e. The fraction of sp³-hybridized carbons (Fsp3) is 0.0357. The largest absolute Gasteiger partial charge is 0.488 e. The van der Waals surface area contributed by atoms with Crippen molar-refractivity contribution < 1.29 is 19.1 Å². The third-order valence-corrected chi connectivity index (χ3v) is 6.41. The number of nitrogens with one attached hydrogen (secondary N) is 1. The second-order valence-electron chi connectivity index (χ2n) is 8.09. The van der Waals surface area contributed by atoms with Crippen molar-refractivity contribution in [3.8, 4) is 5.75 Å². The lowest BCUT2D eigenvalue weighted by Gasteiger charge is -2.26. The van der Waals surface area contributed by atoms with Crippen LogP contribution in [0.3, 0.4) is 0 Å². The molecule has 4 aromatic rings. The van der Waals surface area contributed by atoms with Gasteiger partial charge in [-0.15, -0.1) is 0 Å². The van der Waals surface area contributed by atoms with Crippen molar-refractivity contribution in [2.24, 2.45) is 0 Å². The fourth-order valence-electron chi connectivity index (χ4n) is 3.89. The number of anilines is 1. The highest BCUT2D eigenvalue weighted by Crippen LogP contribution is 2.29. The molecule has 0 aromatic heterocycles. The number of urea groups is 1. The quantitative estimate of drug-likeness (QED) is 0.223. The predicted molar refractivity (Wildman–Crippen MR) is 143 cm³/mol. The molecule has 1 heterocycles. The molecule has 6 nitrogen and oxygen atoms in total. The first kappa shape index (κ1) is 23.8. The lowest BCUT2D eigenvalue weighted by atomic mass is 10.1. The highest BCUT2D eigenvalue weighted by Gasteiger charge is 2.37. The Morgan fingerprint density at radius 1 is 0.889 bits per heavy atom. The van der Waals surface area contributed by atoms with Gasteiger partial charge in [-0.25, -0.2) is 9.69 Å². The molecule has 36 heavy (non-hydrogen) atoms. The van der Waals surface area contributed by atoms with Crippen molar-refractivity contribution >= 4 is 67.9 Å². The van der Waals surface area contributed by atoms with Gasteiger partial charge in [-0.2, -0.15) is 0 Å². The van der Waals surface area contributed by atoms with Gasteiger partial charge in [-0.05, 0) is 70.9 Å². The summed E-state index contributed by atoms with van der Waals surface area (Å²) in [6.45, 7) is 0.290. The zero-order chi connectivity index (χ0) is 25.2. The summed E-state index contributed by atoms with van der Waals surface area (Å²) < 4.78 is 6.82. The molecule has 4 aromatic carbocycles. The first-order valence-electron chi connectivity index (χ1n) is 11.0. The van der Waals surface area contributed by atoms with E-state index in [-0.39, 0.29) is 12.2 Å². The number of imide groups is 2.